The number of rotatable bonds is 3. The number of alkyl halides is 3. The van der Waals surface area contributed by atoms with E-state index in [9.17, 15) is 27.2 Å². The highest BCUT2D eigenvalue weighted by molar-refractivity contribution is 5.85. The van der Waals surface area contributed by atoms with E-state index in [4.69, 9.17) is 0 Å². The first kappa shape index (κ1) is 22.3. The highest BCUT2D eigenvalue weighted by Crippen LogP contribution is 2.49. The SMILES string of the molecule is O=C1CC2(CCN(C(=O)C(c3ccccc3)C(F)(F)F)CC2)[C@H](c2ccc(F)cc2)CN1. The lowest BCUT2D eigenvalue weighted by Gasteiger charge is -2.49. The molecule has 2 amide bonds. The van der Waals surface area contributed by atoms with E-state index in [0.29, 0.717) is 19.4 Å². The van der Waals surface area contributed by atoms with Gasteiger partial charge >= 0.3 is 6.18 Å². The Bertz CT molecular complexity index is 968. The Morgan fingerprint density at radius 2 is 1.66 bits per heavy atom. The second-order valence-corrected chi connectivity index (χ2v) is 8.66. The van der Waals surface area contributed by atoms with Crippen molar-refractivity contribution in [1.29, 1.82) is 0 Å². The van der Waals surface area contributed by atoms with E-state index in [1.54, 1.807) is 18.2 Å². The third-order valence-electron chi connectivity index (χ3n) is 6.81. The van der Waals surface area contributed by atoms with E-state index in [1.165, 1.54) is 41.3 Å². The van der Waals surface area contributed by atoms with Gasteiger partial charge in [0.25, 0.3) is 0 Å². The number of amides is 2. The lowest BCUT2D eigenvalue weighted by atomic mass is 9.62. The van der Waals surface area contributed by atoms with Gasteiger partial charge < -0.3 is 10.2 Å². The maximum atomic E-state index is 13.8. The summed E-state index contributed by atoms with van der Waals surface area (Å²) in [4.78, 5) is 26.4. The third kappa shape index (κ3) is 4.36. The van der Waals surface area contributed by atoms with E-state index < -0.39 is 23.4 Å². The van der Waals surface area contributed by atoms with Crippen LogP contribution in [0.3, 0.4) is 0 Å². The normalized spacial score (nSPS) is 21.8. The fourth-order valence-corrected chi connectivity index (χ4v) is 5.10. The molecule has 2 fully saturated rings. The first-order valence-electron chi connectivity index (χ1n) is 10.6. The maximum absolute atomic E-state index is 13.8. The van der Waals surface area contributed by atoms with Gasteiger partial charge in [-0.25, -0.2) is 4.39 Å². The minimum absolute atomic E-state index is 0.0773. The molecule has 2 heterocycles. The van der Waals surface area contributed by atoms with Crippen LogP contribution in [0.1, 0.15) is 42.2 Å². The van der Waals surface area contributed by atoms with E-state index in [0.717, 1.165) is 5.56 Å². The molecule has 2 aliphatic rings. The van der Waals surface area contributed by atoms with Gasteiger partial charge in [0, 0.05) is 32.0 Å². The Morgan fingerprint density at radius 1 is 1.03 bits per heavy atom. The number of halogens is 4. The van der Waals surface area contributed by atoms with Crippen molar-refractivity contribution in [1.82, 2.24) is 10.2 Å². The molecule has 0 aromatic heterocycles. The van der Waals surface area contributed by atoms with Crippen molar-refractivity contribution in [2.75, 3.05) is 19.6 Å². The summed E-state index contributed by atoms with van der Waals surface area (Å²) in [5.74, 6) is -3.73. The van der Waals surface area contributed by atoms with Crippen LogP contribution in [0.5, 0.6) is 0 Å². The lowest BCUT2D eigenvalue weighted by molar-refractivity contribution is -0.173. The second kappa shape index (κ2) is 8.56. The molecule has 0 radical (unpaired) electrons. The summed E-state index contributed by atoms with van der Waals surface area (Å²) in [6.45, 7) is 0.667. The molecule has 2 aliphatic heterocycles. The molecule has 170 valence electrons. The van der Waals surface area contributed by atoms with Gasteiger partial charge in [-0.05, 0) is 41.5 Å². The third-order valence-corrected chi connectivity index (χ3v) is 6.81. The van der Waals surface area contributed by atoms with Gasteiger partial charge in [0.2, 0.25) is 11.8 Å². The summed E-state index contributed by atoms with van der Waals surface area (Å²) >= 11 is 0. The molecule has 2 atom stereocenters. The molecule has 32 heavy (non-hydrogen) atoms. The zero-order chi connectivity index (χ0) is 22.9. The molecule has 4 rings (SSSR count). The van der Waals surface area contributed by atoms with Crippen molar-refractivity contribution >= 4 is 11.8 Å². The molecular formula is C24H24F4N2O2. The predicted molar refractivity (Wildman–Crippen MR) is 110 cm³/mol. The molecule has 1 unspecified atom stereocenters. The van der Waals surface area contributed by atoms with Crippen molar-refractivity contribution in [3.05, 3.63) is 71.5 Å². The van der Waals surface area contributed by atoms with Crippen LogP contribution in [0.15, 0.2) is 54.6 Å². The van der Waals surface area contributed by atoms with Gasteiger partial charge in [0.1, 0.15) is 5.82 Å². The Labute approximate surface area is 183 Å². The van der Waals surface area contributed by atoms with Crippen LogP contribution in [-0.4, -0.2) is 42.5 Å². The smallest absolute Gasteiger partial charge is 0.355 e. The summed E-state index contributed by atoms with van der Waals surface area (Å²) in [6.07, 6.45) is -3.64. The van der Waals surface area contributed by atoms with Crippen molar-refractivity contribution in [2.45, 2.75) is 37.3 Å². The fraction of sp³-hybridized carbons (Fsp3) is 0.417. The molecular weight excluding hydrogens is 424 g/mol. The number of hydrogen-bond acceptors (Lipinski definition) is 2. The van der Waals surface area contributed by atoms with Gasteiger partial charge in [0.05, 0.1) is 0 Å². The Hall–Kier alpha value is -2.90. The van der Waals surface area contributed by atoms with E-state index >= 15 is 0 Å². The van der Waals surface area contributed by atoms with Crippen LogP contribution in [0.4, 0.5) is 17.6 Å². The molecule has 1 N–H and O–H groups in total. The molecule has 0 aliphatic carbocycles. The van der Waals surface area contributed by atoms with Crippen LogP contribution in [-0.2, 0) is 9.59 Å². The number of carbonyl (C=O) groups is 2. The Morgan fingerprint density at radius 3 is 2.25 bits per heavy atom. The largest absolute Gasteiger partial charge is 0.404 e. The van der Waals surface area contributed by atoms with Crippen LogP contribution < -0.4 is 5.32 Å². The maximum Gasteiger partial charge on any atom is 0.404 e. The number of benzene rings is 2. The molecule has 2 aromatic carbocycles. The molecule has 0 saturated carbocycles. The lowest BCUT2D eigenvalue weighted by Crippen LogP contribution is -2.54. The van der Waals surface area contributed by atoms with Crippen LogP contribution >= 0.6 is 0 Å². The highest BCUT2D eigenvalue weighted by Gasteiger charge is 2.51. The number of likely N-dealkylation sites (tertiary alicyclic amines) is 1. The van der Waals surface area contributed by atoms with E-state index in [2.05, 4.69) is 5.32 Å². The van der Waals surface area contributed by atoms with E-state index in [-0.39, 0.29) is 42.7 Å². The number of carbonyl (C=O) groups excluding carboxylic acids is 2. The summed E-state index contributed by atoms with van der Waals surface area (Å²) < 4.78 is 54.8. The van der Waals surface area contributed by atoms with Crippen molar-refractivity contribution < 1.29 is 27.2 Å². The standard InChI is InChI=1S/C24H24F4N2O2/c25-18-8-6-16(7-9-18)19-15-29-20(31)14-23(19)10-12-30(13-11-23)22(32)21(24(26,27)28)17-4-2-1-3-5-17/h1-9,19,21H,10-15H2,(H,29,31)/t19-,21?/m0/s1. The van der Waals surface area contributed by atoms with Gasteiger partial charge in [-0.3, -0.25) is 9.59 Å². The van der Waals surface area contributed by atoms with E-state index in [1.807, 2.05) is 0 Å². The molecule has 2 aromatic rings. The van der Waals surface area contributed by atoms with Crippen LogP contribution in [0.25, 0.3) is 0 Å². The first-order valence-corrected chi connectivity index (χ1v) is 10.6. The molecule has 0 bridgehead atoms. The van der Waals surface area contributed by atoms with Gasteiger partial charge in [-0.15, -0.1) is 0 Å². The van der Waals surface area contributed by atoms with Gasteiger partial charge in [0.15, 0.2) is 5.92 Å². The topological polar surface area (TPSA) is 49.4 Å². The second-order valence-electron chi connectivity index (χ2n) is 8.66. The fourth-order valence-electron chi connectivity index (χ4n) is 5.10. The minimum atomic E-state index is -4.70. The zero-order valence-corrected chi connectivity index (χ0v) is 17.4. The number of piperidine rings is 2. The molecule has 2 saturated heterocycles. The average Bonchev–Trinajstić information content (AvgIpc) is 2.75. The summed E-state index contributed by atoms with van der Waals surface area (Å²) in [5.41, 5.74) is 0.326. The zero-order valence-electron chi connectivity index (χ0n) is 17.4. The number of nitrogens with zero attached hydrogens (tertiary/aromatic N) is 1. The van der Waals surface area contributed by atoms with Crippen molar-refractivity contribution in [3.63, 3.8) is 0 Å². The summed E-state index contributed by atoms with van der Waals surface area (Å²) in [5, 5.41) is 2.85. The highest BCUT2D eigenvalue weighted by atomic mass is 19.4. The molecule has 4 nitrogen and oxygen atoms in total. The average molecular weight is 448 g/mol. The Balaban J connectivity index is 1.55. The quantitative estimate of drug-likeness (QED) is 0.709. The summed E-state index contributed by atoms with van der Waals surface area (Å²) in [6, 6.07) is 13.3. The van der Waals surface area contributed by atoms with Gasteiger partial charge in [-0.1, -0.05) is 42.5 Å². The molecule has 1 spiro atoms. The first-order chi connectivity index (χ1) is 15.2. The Kier molecular flexibility index (Phi) is 5.97. The monoisotopic (exact) mass is 448 g/mol. The number of hydrogen-bond donors (Lipinski definition) is 1. The van der Waals surface area contributed by atoms with Crippen molar-refractivity contribution in [2.24, 2.45) is 5.41 Å². The van der Waals surface area contributed by atoms with Crippen molar-refractivity contribution in [3.8, 4) is 0 Å². The summed E-state index contributed by atoms with van der Waals surface area (Å²) in [7, 11) is 0. The van der Waals surface area contributed by atoms with Crippen LogP contribution in [0, 0.1) is 11.2 Å². The molecule has 8 heteroatoms. The van der Waals surface area contributed by atoms with Crippen LogP contribution in [0.2, 0.25) is 0 Å². The number of nitrogens with one attached hydrogen (secondary N) is 1. The minimum Gasteiger partial charge on any atom is -0.355 e. The predicted octanol–water partition coefficient (Wildman–Crippen LogP) is 4.38. The van der Waals surface area contributed by atoms with Gasteiger partial charge in [-0.2, -0.15) is 13.2 Å².